The minimum absolute atomic E-state index is 0.294. The molecule has 1 saturated carbocycles. The number of aromatic nitrogens is 3. The molecule has 2 aromatic rings. The monoisotopic (exact) mass is 261 g/mol. The maximum Gasteiger partial charge on any atom is 0.0732 e. The summed E-state index contributed by atoms with van der Waals surface area (Å²) in [5.74, 6) is 0.483. The van der Waals surface area contributed by atoms with Crippen molar-refractivity contribution in [2.45, 2.75) is 37.0 Å². The minimum Gasteiger partial charge on any atom is -0.217 e. The zero-order chi connectivity index (χ0) is 12.4. The standard InChI is InChI=1S/C14H16ClN3/c15-12-6-4-5-11(9-12)14-10-16-17-18(14)13-7-2-1-3-8-13/h1-3,7-8,10-12H,4-6,9H2. The summed E-state index contributed by atoms with van der Waals surface area (Å²) in [5, 5.41) is 8.57. The minimum atomic E-state index is 0.294. The highest BCUT2D eigenvalue weighted by Crippen LogP contribution is 2.35. The fraction of sp³-hybridized carbons (Fsp3) is 0.429. The zero-order valence-electron chi connectivity index (χ0n) is 10.2. The Morgan fingerprint density at radius 1 is 1.17 bits per heavy atom. The molecule has 0 radical (unpaired) electrons. The summed E-state index contributed by atoms with van der Waals surface area (Å²) in [6.07, 6.45) is 6.42. The molecule has 1 aromatic heterocycles. The molecule has 3 nitrogen and oxygen atoms in total. The van der Waals surface area contributed by atoms with Crippen molar-refractivity contribution in [1.82, 2.24) is 15.0 Å². The number of nitrogens with zero attached hydrogens (tertiary/aromatic N) is 3. The molecule has 1 heterocycles. The Morgan fingerprint density at radius 2 is 2.00 bits per heavy atom. The Morgan fingerprint density at radius 3 is 2.78 bits per heavy atom. The van der Waals surface area contributed by atoms with Gasteiger partial charge in [-0.1, -0.05) is 29.8 Å². The van der Waals surface area contributed by atoms with Crippen molar-refractivity contribution < 1.29 is 0 Å². The van der Waals surface area contributed by atoms with Crippen LogP contribution in [-0.4, -0.2) is 20.4 Å². The van der Waals surface area contributed by atoms with Crippen LogP contribution in [0.25, 0.3) is 5.69 Å². The van der Waals surface area contributed by atoms with Gasteiger partial charge < -0.3 is 0 Å². The Kier molecular flexibility index (Phi) is 3.33. The molecule has 2 unspecified atom stereocenters. The van der Waals surface area contributed by atoms with Crippen LogP contribution in [0.5, 0.6) is 0 Å². The lowest BCUT2D eigenvalue weighted by atomic mass is 9.87. The van der Waals surface area contributed by atoms with Gasteiger partial charge in [0.05, 0.1) is 17.6 Å². The first-order valence-electron chi connectivity index (χ1n) is 6.44. The van der Waals surface area contributed by atoms with Gasteiger partial charge in [0.2, 0.25) is 0 Å². The summed E-state index contributed by atoms with van der Waals surface area (Å²) in [6, 6.07) is 10.2. The lowest BCUT2D eigenvalue weighted by Crippen LogP contribution is -2.17. The van der Waals surface area contributed by atoms with Crippen molar-refractivity contribution in [3.05, 3.63) is 42.2 Å². The third-order valence-corrected chi connectivity index (χ3v) is 4.00. The van der Waals surface area contributed by atoms with Crippen LogP contribution in [0.1, 0.15) is 37.3 Å². The van der Waals surface area contributed by atoms with E-state index in [1.54, 1.807) is 0 Å². The van der Waals surface area contributed by atoms with E-state index in [2.05, 4.69) is 22.4 Å². The summed E-state index contributed by atoms with van der Waals surface area (Å²) in [5.41, 5.74) is 2.26. The number of hydrogen-bond donors (Lipinski definition) is 0. The van der Waals surface area contributed by atoms with Gasteiger partial charge in [-0.2, -0.15) is 0 Å². The van der Waals surface area contributed by atoms with E-state index in [1.807, 2.05) is 29.1 Å². The summed E-state index contributed by atoms with van der Waals surface area (Å²) in [4.78, 5) is 0. The normalized spacial score (nSPS) is 24.1. The quantitative estimate of drug-likeness (QED) is 0.775. The fourth-order valence-corrected chi connectivity index (χ4v) is 3.06. The van der Waals surface area contributed by atoms with Gasteiger partial charge in [-0.25, -0.2) is 4.68 Å². The average molecular weight is 262 g/mol. The van der Waals surface area contributed by atoms with Crippen LogP contribution in [0.4, 0.5) is 0 Å². The van der Waals surface area contributed by atoms with Gasteiger partial charge in [0.15, 0.2) is 0 Å². The predicted molar refractivity (Wildman–Crippen MR) is 72.2 cm³/mol. The number of para-hydroxylation sites is 1. The molecule has 0 saturated heterocycles. The molecule has 0 aliphatic heterocycles. The first kappa shape index (κ1) is 11.7. The first-order valence-corrected chi connectivity index (χ1v) is 6.88. The zero-order valence-corrected chi connectivity index (χ0v) is 10.9. The van der Waals surface area contributed by atoms with Gasteiger partial charge in [0.1, 0.15) is 0 Å². The Labute approximate surface area is 112 Å². The molecule has 1 aliphatic carbocycles. The number of halogens is 1. The van der Waals surface area contributed by atoms with E-state index >= 15 is 0 Å². The van der Waals surface area contributed by atoms with E-state index in [0.717, 1.165) is 18.5 Å². The lowest BCUT2D eigenvalue weighted by molar-refractivity contribution is 0.435. The van der Waals surface area contributed by atoms with E-state index < -0.39 is 0 Å². The number of rotatable bonds is 2. The second kappa shape index (κ2) is 5.11. The van der Waals surface area contributed by atoms with Crippen molar-refractivity contribution in [2.75, 3.05) is 0 Å². The van der Waals surface area contributed by atoms with Gasteiger partial charge in [0, 0.05) is 11.3 Å². The van der Waals surface area contributed by atoms with Gasteiger partial charge in [-0.3, -0.25) is 0 Å². The van der Waals surface area contributed by atoms with Gasteiger partial charge >= 0.3 is 0 Å². The van der Waals surface area contributed by atoms with E-state index in [9.17, 15) is 0 Å². The van der Waals surface area contributed by atoms with E-state index in [4.69, 9.17) is 11.6 Å². The van der Waals surface area contributed by atoms with Crippen LogP contribution >= 0.6 is 11.6 Å². The summed E-state index contributed by atoms with van der Waals surface area (Å²) in [7, 11) is 0. The molecule has 3 rings (SSSR count). The summed E-state index contributed by atoms with van der Waals surface area (Å²) >= 11 is 6.28. The molecule has 1 fully saturated rings. The van der Waals surface area contributed by atoms with Crippen molar-refractivity contribution in [3.8, 4) is 5.69 Å². The van der Waals surface area contributed by atoms with Crippen LogP contribution < -0.4 is 0 Å². The molecule has 18 heavy (non-hydrogen) atoms. The van der Waals surface area contributed by atoms with Crippen LogP contribution in [-0.2, 0) is 0 Å². The largest absolute Gasteiger partial charge is 0.217 e. The maximum absolute atomic E-state index is 6.28. The SMILES string of the molecule is ClC1CCCC(c2cnnn2-c2ccccc2)C1. The topological polar surface area (TPSA) is 30.7 Å². The first-order chi connectivity index (χ1) is 8.84. The summed E-state index contributed by atoms with van der Waals surface area (Å²) < 4.78 is 1.94. The average Bonchev–Trinajstić information content (AvgIpc) is 2.89. The molecule has 1 aliphatic rings. The van der Waals surface area contributed by atoms with Crippen LogP contribution in [0.2, 0.25) is 0 Å². The molecule has 0 spiro atoms. The molecule has 0 N–H and O–H groups in total. The van der Waals surface area contributed by atoms with Crippen molar-refractivity contribution in [2.24, 2.45) is 0 Å². The van der Waals surface area contributed by atoms with Crippen LogP contribution in [0.15, 0.2) is 36.5 Å². The molecule has 1 aromatic carbocycles. The molecule has 2 atom stereocenters. The number of alkyl halides is 1. The molecular weight excluding hydrogens is 246 g/mol. The maximum atomic E-state index is 6.28. The molecule has 0 bridgehead atoms. The molecular formula is C14H16ClN3. The molecule has 94 valence electrons. The number of benzene rings is 1. The van der Waals surface area contributed by atoms with E-state index in [1.165, 1.54) is 18.5 Å². The van der Waals surface area contributed by atoms with Crippen molar-refractivity contribution in [3.63, 3.8) is 0 Å². The summed E-state index contributed by atoms with van der Waals surface area (Å²) in [6.45, 7) is 0. The van der Waals surface area contributed by atoms with Crippen molar-refractivity contribution >= 4 is 11.6 Å². The third-order valence-electron chi connectivity index (χ3n) is 3.60. The van der Waals surface area contributed by atoms with Crippen LogP contribution in [0, 0.1) is 0 Å². The smallest absolute Gasteiger partial charge is 0.0732 e. The highest BCUT2D eigenvalue weighted by Gasteiger charge is 2.25. The van der Waals surface area contributed by atoms with Gasteiger partial charge in [-0.05, 0) is 31.4 Å². The Balaban J connectivity index is 1.92. The second-order valence-electron chi connectivity index (χ2n) is 4.87. The Bertz CT molecular complexity index is 509. The van der Waals surface area contributed by atoms with E-state index in [0.29, 0.717) is 11.3 Å². The molecule has 0 amide bonds. The highest BCUT2D eigenvalue weighted by molar-refractivity contribution is 6.20. The van der Waals surface area contributed by atoms with Crippen LogP contribution in [0.3, 0.4) is 0 Å². The van der Waals surface area contributed by atoms with Gasteiger partial charge in [-0.15, -0.1) is 16.7 Å². The predicted octanol–water partition coefficient (Wildman–Crippen LogP) is 3.53. The van der Waals surface area contributed by atoms with Crippen molar-refractivity contribution in [1.29, 1.82) is 0 Å². The fourth-order valence-electron chi connectivity index (χ4n) is 2.69. The third kappa shape index (κ3) is 2.27. The Hall–Kier alpha value is -1.35. The highest BCUT2D eigenvalue weighted by atomic mass is 35.5. The second-order valence-corrected chi connectivity index (χ2v) is 5.48. The van der Waals surface area contributed by atoms with Gasteiger partial charge in [0.25, 0.3) is 0 Å². The molecule has 4 heteroatoms. The number of hydrogen-bond acceptors (Lipinski definition) is 2. The lowest BCUT2D eigenvalue weighted by Gasteiger charge is -2.25. The van der Waals surface area contributed by atoms with E-state index in [-0.39, 0.29) is 0 Å².